The van der Waals surface area contributed by atoms with Crippen molar-refractivity contribution in [2.24, 2.45) is 0 Å². The molecule has 1 saturated heterocycles. The molecule has 5 nitrogen and oxygen atoms in total. The van der Waals surface area contributed by atoms with Gasteiger partial charge in [-0.15, -0.1) is 0 Å². The molecule has 98 valence electrons. The van der Waals surface area contributed by atoms with Crippen molar-refractivity contribution in [2.75, 3.05) is 26.2 Å². The molecule has 1 aliphatic heterocycles. The molecule has 1 unspecified atom stereocenters. The Kier molecular flexibility index (Phi) is 5.41. The van der Waals surface area contributed by atoms with Crippen LogP contribution in [-0.2, 0) is 9.59 Å². The Morgan fingerprint density at radius 3 is 2.35 bits per heavy atom. The summed E-state index contributed by atoms with van der Waals surface area (Å²) in [5.41, 5.74) is 0. The maximum Gasteiger partial charge on any atom is 0.242 e. The zero-order valence-corrected chi connectivity index (χ0v) is 10.7. The van der Waals surface area contributed by atoms with Gasteiger partial charge in [0.25, 0.3) is 0 Å². The fraction of sp³-hybridized carbons (Fsp3) is 0.833. The maximum absolute atomic E-state index is 11.7. The highest BCUT2D eigenvalue weighted by molar-refractivity contribution is 5.92. The van der Waals surface area contributed by atoms with Crippen molar-refractivity contribution >= 4 is 11.8 Å². The van der Waals surface area contributed by atoms with E-state index >= 15 is 0 Å². The summed E-state index contributed by atoms with van der Waals surface area (Å²) in [6.07, 6.45) is 1.88. The molecular formula is C12H22N2O3. The summed E-state index contributed by atoms with van der Waals surface area (Å²) in [5, 5.41) is 9.41. The number of aliphatic hydroxyl groups is 1. The normalized spacial score (nSPS) is 18.8. The summed E-state index contributed by atoms with van der Waals surface area (Å²) in [4.78, 5) is 26.5. The first kappa shape index (κ1) is 14.0. The monoisotopic (exact) mass is 242 g/mol. The molecule has 5 heteroatoms. The zero-order chi connectivity index (χ0) is 12.8. The summed E-state index contributed by atoms with van der Waals surface area (Å²) >= 11 is 0. The Morgan fingerprint density at radius 2 is 1.76 bits per heavy atom. The van der Waals surface area contributed by atoms with Gasteiger partial charge in [0.05, 0.1) is 19.2 Å². The third kappa shape index (κ3) is 4.00. The average Bonchev–Trinajstić information content (AvgIpc) is 2.32. The highest BCUT2D eigenvalue weighted by Gasteiger charge is 2.28. The van der Waals surface area contributed by atoms with E-state index in [0.717, 1.165) is 12.8 Å². The van der Waals surface area contributed by atoms with Crippen molar-refractivity contribution in [3.63, 3.8) is 0 Å². The minimum absolute atomic E-state index is 0.0115. The first-order valence-electron chi connectivity index (χ1n) is 6.32. The van der Waals surface area contributed by atoms with Crippen LogP contribution in [0.2, 0.25) is 0 Å². The average molecular weight is 242 g/mol. The van der Waals surface area contributed by atoms with E-state index in [0.29, 0.717) is 19.5 Å². The highest BCUT2D eigenvalue weighted by Crippen LogP contribution is 2.08. The predicted molar refractivity (Wildman–Crippen MR) is 64.4 cm³/mol. The second-order valence-corrected chi connectivity index (χ2v) is 4.43. The van der Waals surface area contributed by atoms with Gasteiger partial charge >= 0.3 is 0 Å². The van der Waals surface area contributed by atoms with E-state index < -0.39 is 0 Å². The lowest BCUT2D eigenvalue weighted by Gasteiger charge is -2.33. The Labute approximate surface area is 102 Å². The van der Waals surface area contributed by atoms with Crippen molar-refractivity contribution in [2.45, 2.75) is 39.2 Å². The number of hydrogen-bond acceptors (Lipinski definition) is 3. The molecule has 0 aromatic heterocycles. The van der Waals surface area contributed by atoms with E-state index in [1.165, 1.54) is 0 Å². The second-order valence-electron chi connectivity index (χ2n) is 4.43. The molecule has 0 radical (unpaired) electrons. The smallest absolute Gasteiger partial charge is 0.242 e. The molecule has 2 amide bonds. The standard InChI is InChI=1S/C12H22N2O3/c1-3-10(15)6-5-7-14-9-11(16)13(4-2)8-12(14)17/h10,15H,3-9H2,1-2H3. The zero-order valence-electron chi connectivity index (χ0n) is 10.7. The van der Waals surface area contributed by atoms with E-state index in [2.05, 4.69) is 0 Å². The molecule has 0 aliphatic carbocycles. The van der Waals surface area contributed by atoms with Crippen LogP contribution in [0.1, 0.15) is 33.1 Å². The molecule has 1 N–H and O–H groups in total. The number of amides is 2. The molecule has 17 heavy (non-hydrogen) atoms. The summed E-state index contributed by atoms with van der Waals surface area (Å²) in [6, 6.07) is 0. The fourth-order valence-corrected chi connectivity index (χ4v) is 1.92. The first-order chi connectivity index (χ1) is 8.08. The number of carbonyl (C=O) groups excluding carboxylic acids is 2. The molecule has 0 saturated carbocycles. The third-order valence-corrected chi connectivity index (χ3v) is 3.18. The van der Waals surface area contributed by atoms with E-state index in [-0.39, 0.29) is 31.0 Å². The van der Waals surface area contributed by atoms with Gasteiger partial charge in [0.1, 0.15) is 0 Å². The Bertz CT molecular complexity index is 281. The Balaban J connectivity index is 2.35. The Morgan fingerprint density at radius 1 is 1.18 bits per heavy atom. The van der Waals surface area contributed by atoms with Crippen LogP contribution in [-0.4, -0.2) is 59.0 Å². The number of hydrogen-bond donors (Lipinski definition) is 1. The second kappa shape index (κ2) is 6.59. The van der Waals surface area contributed by atoms with Gasteiger partial charge in [0.2, 0.25) is 11.8 Å². The number of nitrogens with zero attached hydrogens (tertiary/aromatic N) is 2. The highest BCUT2D eigenvalue weighted by atomic mass is 16.3. The van der Waals surface area contributed by atoms with Crippen LogP contribution in [0.3, 0.4) is 0 Å². The number of aliphatic hydroxyl groups excluding tert-OH is 1. The molecular weight excluding hydrogens is 220 g/mol. The number of piperazine rings is 1. The van der Waals surface area contributed by atoms with E-state index in [9.17, 15) is 14.7 Å². The SMILES string of the molecule is CCC(O)CCCN1CC(=O)N(CC)CC1=O. The summed E-state index contributed by atoms with van der Waals surface area (Å²) in [7, 11) is 0. The van der Waals surface area contributed by atoms with Crippen molar-refractivity contribution in [3.05, 3.63) is 0 Å². The van der Waals surface area contributed by atoms with Crippen LogP contribution in [0.5, 0.6) is 0 Å². The fourth-order valence-electron chi connectivity index (χ4n) is 1.92. The Hall–Kier alpha value is -1.10. The number of carbonyl (C=O) groups is 2. The summed E-state index contributed by atoms with van der Waals surface area (Å²) in [6.45, 7) is 5.35. The van der Waals surface area contributed by atoms with Crippen molar-refractivity contribution < 1.29 is 14.7 Å². The van der Waals surface area contributed by atoms with Crippen LogP contribution in [0, 0.1) is 0 Å². The maximum atomic E-state index is 11.7. The van der Waals surface area contributed by atoms with E-state index in [4.69, 9.17) is 0 Å². The quantitative estimate of drug-likeness (QED) is 0.725. The van der Waals surface area contributed by atoms with E-state index in [1.807, 2.05) is 13.8 Å². The molecule has 1 rings (SSSR count). The topological polar surface area (TPSA) is 60.9 Å². The molecule has 0 bridgehead atoms. The predicted octanol–water partition coefficient (Wildman–Crippen LogP) is 0.228. The number of likely N-dealkylation sites (N-methyl/N-ethyl adjacent to an activating group) is 1. The molecule has 1 aliphatic rings. The van der Waals surface area contributed by atoms with Crippen molar-refractivity contribution in [3.8, 4) is 0 Å². The van der Waals surface area contributed by atoms with Gasteiger partial charge in [-0.05, 0) is 26.2 Å². The van der Waals surface area contributed by atoms with Gasteiger partial charge in [-0.3, -0.25) is 9.59 Å². The molecule has 0 spiro atoms. The van der Waals surface area contributed by atoms with Crippen LogP contribution in [0.4, 0.5) is 0 Å². The van der Waals surface area contributed by atoms with Gasteiger partial charge < -0.3 is 14.9 Å². The summed E-state index contributed by atoms with van der Waals surface area (Å²) in [5.74, 6) is 0.0283. The molecule has 0 aromatic carbocycles. The minimum atomic E-state index is -0.294. The van der Waals surface area contributed by atoms with Gasteiger partial charge in [-0.1, -0.05) is 6.92 Å². The van der Waals surface area contributed by atoms with Crippen LogP contribution >= 0.6 is 0 Å². The van der Waals surface area contributed by atoms with Crippen LogP contribution < -0.4 is 0 Å². The molecule has 1 fully saturated rings. The van der Waals surface area contributed by atoms with Crippen molar-refractivity contribution in [1.82, 2.24) is 9.80 Å². The van der Waals surface area contributed by atoms with Gasteiger partial charge in [-0.25, -0.2) is 0 Å². The van der Waals surface area contributed by atoms with Gasteiger partial charge in [-0.2, -0.15) is 0 Å². The molecule has 1 heterocycles. The van der Waals surface area contributed by atoms with Gasteiger partial charge in [0, 0.05) is 13.1 Å². The largest absolute Gasteiger partial charge is 0.393 e. The van der Waals surface area contributed by atoms with Crippen LogP contribution in [0.25, 0.3) is 0 Å². The first-order valence-corrected chi connectivity index (χ1v) is 6.32. The molecule has 0 aromatic rings. The molecule has 1 atom stereocenters. The minimum Gasteiger partial charge on any atom is -0.393 e. The van der Waals surface area contributed by atoms with Crippen LogP contribution in [0.15, 0.2) is 0 Å². The van der Waals surface area contributed by atoms with Gasteiger partial charge in [0.15, 0.2) is 0 Å². The lowest BCUT2D eigenvalue weighted by Crippen LogP contribution is -2.53. The lowest BCUT2D eigenvalue weighted by atomic mass is 10.1. The number of rotatable bonds is 6. The third-order valence-electron chi connectivity index (χ3n) is 3.18. The van der Waals surface area contributed by atoms with Crippen molar-refractivity contribution in [1.29, 1.82) is 0 Å². The lowest BCUT2D eigenvalue weighted by molar-refractivity contribution is -0.149. The summed E-state index contributed by atoms with van der Waals surface area (Å²) < 4.78 is 0. The van der Waals surface area contributed by atoms with E-state index in [1.54, 1.807) is 9.80 Å².